The van der Waals surface area contributed by atoms with Gasteiger partial charge in [-0.1, -0.05) is 291 Å². The lowest BCUT2D eigenvalue weighted by atomic mass is 10.0. The smallest absolute Gasteiger partial charge is 0.306 e. The molecule has 76 heavy (non-hydrogen) atoms. The Morgan fingerprint density at radius 1 is 0.276 bits per heavy atom. The molecule has 0 fully saturated rings. The summed E-state index contributed by atoms with van der Waals surface area (Å²) < 4.78 is 16.9. The van der Waals surface area contributed by atoms with Crippen LogP contribution in [0.1, 0.15) is 310 Å². The van der Waals surface area contributed by atoms with E-state index >= 15 is 0 Å². The second-order valence-electron chi connectivity index (χ2n) is 21.3. The predicted octanol–water partition coefficient (Wildman–Crippen LogP) is 22.0. The van der Waals surface area contributed by atoms with Crippen LogP contribution in [-0.2, 0) is 28.6 Å². The van der Waals surface area contributed by atoms with E-state index in [0.29, 0.717) is 19.3 Å². The Balaban J connectivity index is 4.29. The molecule has 1 atom stereocenters. The van der Waals surface area contributed by atoms with Gasteiger partial charge in [0.05, 0.1) is 0 Å². The highest BCUT2D eigenvalue weighted by molar-refractivity contribution is 5.71. The molecule has 436 valence electrons. The fraction of sp³-hybridized carbons (Fsp3) is 0.729. The number of esters is 3. The number of carbonyl (C=O) groups is 3. The molecule has 0 aliphatic rings. The molecule has 0 saturated heterocycles. The van der Waals surface area contributed by atoms with Crippen molar-refractivity contribution in [2.75, 3.05) is 13.2 Å². The zero-order valence-electron chi connectivity index (χ0n) is 50.0. The van der Waals surface area contributed by atoms with Crippen molar-refractivity contribution in [3.05, 3.63) is 97.2 Å². The minimum Gasteiger partial charge on any atom is -0.462 e. The highest BCUT2D eigenvalue weighted by Gasteiger charge is 2.19. The van der Waals surface area contributed by atoms with Crippen LogP contribution >= 0.6 is 0 Å². The van der Waals surface area contributed by atoms with Crippen molar-refractivity contribution in [1.82, 2.24) is 0 Å². The molecule has 1 unspecified atom stereocenters. The Labute approximate surface area is 470 Å². The first-order chi connectivity index (χ1) is 37.5. The SMILES string of the molecule is CC/C=C\C/C=C\C/C=C\C/C=C\C/C=C\C/C=C\C/C=C\CCCCCCCC(=O)OCC(COC(=O)CCCCCCC/C=C\CCC)OC(=O)CCCCCCCCCCCCCCCCCCCCCCC. The van der Waals surface area contributed by atoms with Gasteiger partial charge in [-0.25, -0.2) is 0 Å². The molecule has 0 heterocycles. The van der Waals surface area contributed by atoms with E-state index in [2.05, 4.69) is 118 Å². The first-order valence-corrected chi connectivity index (χ1v) is 32.2. The van der Waals surface area contributed by atoms with E-state index < -0.39 is 6.10 Å². The fourth-order valence-corrected chi connectivity index (χ4v) is 9.02. The van der Waals surface area contributed by atoms with E-state index in [0.717, 1.165) is 135 Å². The summed E-state index contributed by atoms with van der Waals surface area (Å²) in [7, 11) is 0. The molecule has 0 aliphatic carbocycles. The second kappa shape index (κ2) is 63.9. The summed E-state index contributed by atoms with van der Waals surface area (Å²) in [6.07, 6.45) is 85.7. The van der Waals surface area contributed by atoms with Crippen LogP contribution in [0, 0.1) is 0 Å². The maximum absolute atomic E-state index is 12.9. The van der Waals surface area contributed by atoms with Gasteiger partial charge in [-0.15, -0.1) is 0 Å². The largest absolute Gasteiger partial charge is 0.462 e. The average molecular weight is 1060 g/mol. The number of rotatable bonds is 58. The van der Waals surface area contributed by atoms with E-state index in [1.54, 1.807) is 0 Å². The molecule has 0 bridgehead atoms. The van der Waals surface area contributed by atoms with Crippen LogP contribution in [0.15, 0.2) is 97.2 Å². The number of hydrogen-bond acceptors (Lipinski definition) is 6. The van der Waals surface area contributed by atoms with E-state index in [1.807, 2.05) is 0 Å². The molecule has 0 N–H and O–H groups in total. The summed E-state index contributed by atoms with van der Waals surface area (Å²) in [5, 5.41) is 0. The van der Waals surface area contributed by atoms with Gasteiger partial charge in [0.2, 0.25) is 0 Å². The molecule has 6 heteroatoms. The molecule has 0 saturated carbocycles. The van der Waals surface area contributed by atoms with Gasteiger partial charge in [0.15, 0.2) is 6.10 Å². The van der Waals surface area contributed by atoms with Crippen LogP contribution < -0.4 is 0 Å². The van der Waals surface area contributed by atoms with Crippen LogP contribution in [0.25, 0.3) is 0 Å². The van der Waals surface area contributed by atoms with E-state index in [-0.39, 0.29) is 31.1 Å². The monoisotopic (exact) mass is 1060 g/mol. The van der Waals surface area contributed by atoms with Crippen molar-refractivity contribution in [1.29, 1.82) is 0 Å². The standard InChI is InChI=1S/C70H120O6/c1-4-7-10-13-16-19-22-24-26-28-30-32-33-34-35-36-37-39-40-42-44-46-48-51-54-57-60-63-69(72)75-66-67(65-74-68(71)62-59-56-53-50-21-18-15-12-9-6-3)76-70(73)64-61-58-55-52-49-47-45-43-41-38-31-29-27-25-23-20-17-14-11-8-5-2/h7,10,12,15-16,19,24,26,30,32,34-35,37,39,42,44,67H,4-6,8-9,11,13-14,17-18,20-23,25,27-29,31,33,36,38,40-41,43,45-66H2,1-3H3/b10-7-,15-12-,19-16-,26-24-,32-30-,35-34-,39-37-,44-42-. The lowest BCUT2D eigenvalue weighted by Crippen LogP contribution is -2.30. The molecular formula is C70H120O6. The Morgan fingerprint density at radius 3 is 0.868 bits per heavy atom. The highest BCUT2D eigenvalue weighted by atomic mass is 16.6. The van der Waals surface area contributed by atoms with Crippen molar-refractivity contribution in [2.24, 2.45) is 0 Å². The molecule has 0 spiro atoms. The maximum Gasteiger partial charge on any atom is 0.306 e. The van der Waals surface area contributed by atoms with Crippen LogP contribution in [-0.4, -0.2) is 37.2 Å². The highest BCUT2D eigenvalue weighted by Crippen LogP contribution is 2.17. The van der Waals surface area contributed by atoms with Gasteiger partial charge in [-0.3, -0.25) is 14.4 Å². The Hall–Kier alpha value is -3.67. The summed E-state index contributed by atoms with van der Waals surface area (Å²) in [6, 6.07) is 0. The van der Waals surface area contributed by atoms with E-state index in [4.69, 9.17) is 14.2 Å². The third-order valence-electron chi connectivity index (χ3n) is 13.8. The zero-order chi connectivity index (χ0) is 55.0. The van der Waals surface area contributed by atoms with Gasteiger partial charge in [0.1, 0.15) is 13.2 Å². The lowest BCUT2D eigenvalue weighted by Gasteiger charge is -2.18. The summed E-state index contributed by atoms with van der Waals surface area (Å²) >= 11 is 0. The van der Waals surface area contributed by atoms with Crippen molar-refractivity contribution in [3.8, 4) is 0 Å². The zero-order valence-corrected chi connectivity index (χ0v) is 50.0. The van der Waals surface area contributed by atoms with Crippen LogP contribution in [0.5, 0.6) is 0 Å². The number of hydrogen-bond donors (Lipinski definition) is 0. The third kappa shape index (κ3) is 61.2. The molecule has 0 aliphatic heterocycles. The Morgan fingerprint density at radius 2 is 0.539 bits per heavy atom. The first kappa shape index (κ1) is 72.3. The van der Waals surface area contributed by atoms with Crippen LogP contribution in [0.4, 0.5) is 0 Å². The Kier molecular flexibility index (Phi) is 60.8. The van der Waals surface area contributed by atoms with Gasteiger partial charge in [-0.05, 0) is 96.3 Å². The van der Waals surface area contributed by atoms with Gasteiger partial charge in [0.25, 0.3) is 0 Å². The van der Waals surface area contributed by atoms with Gasteiger partial charge >= 0.3 is 17.9 Å². The molecular weight excluding hydrogens is 937 g/mol. The topological polar surface area (TPSA) is 78.9 Å². The van der Waals surface area contributed by atoms with Crippen molar-refractivity contribution in [3.63, 3.8) is 0 Å². The second-order valence-corrected chi connectivity index (χ2v) is 21.3. The third-order valence-corrected chi connectivity index (χ3v) is 13.8. The minimum atomic E-state index is -0.788. The summed E-state index contributed by atoms with van der Waals surface area (Å²) in [5.41, 5.74) is 0. The van der Waals surface area contributed by atoms with Gasteiger partial charge in [0, 0.05) is 19.3 Å². The summed E-state index contributed by atoms with van der Waals surface area (Å²) in [6.45, 7) is 6.47. The molecule has 0 aromatic carbocycles. The quantitative estimate of drug-likeness (QED) is 0.0261. The average Bonchev–Trinajstić information content (AvgIpc) is 3.42. The first-order valence-electron chi connectivity index (χ1n) is 32.2. The molecule has 0 amide bonds. The fourth-order valence-electron chi connectivity index (χ4n) is 9.02. The van der Waals surface area contributed by atoms with E-state index in [1.165, 1.54) is 135 Å². The van der Waals surface area contributed by atoms with Gasteiger partial charge in [-0.2, -0.15) is 0 Å². The van der Waals surface area contributed by atoms with Crippen LogP contribution in [0.3, 0.4) is 0 Å². The van der Waals surface area contributed by atoms with Gasteiger partial charge < -0.3 is 14.2 Å². The van der Waals surface area contributed by atoms with E-state index in [9.17, 15) is 14.4 Å². The lowest BCUT2D eigenvalue weighted by molar-refractivity contribution is -0.167. The van der Waals surface area contributed by atoms with Crippen molar-refractivity contribution >= 4 is 17.9 Å². The molecule has 6 nitrogen and oxygen atoms in total. The number of unbranched alkanes of at least 4 members (excludes halogenated alkanes) is 31. The van der Waals surface area contributed by atoms with Crippen molar-refractivity contribution in [2.45, 2.75) is 316 Å². The Bertz CT molecular complexity index is 1490. The summed E-state index contributed by atoms with van der Waals surface area (Å²) in [4.78, 5) is 38.2. The normalized spacial score (nSPS) is 12.7. The molecule has 0 aromatic heterocycles. The summed E-state index contributed by atoms with van der Waals surface area (Å²) in [5.74, 6) is -0.905. The predicted molar refractivity (Wildman–Crippen MR) is 330 cm³/mol. The van der Waals surface area contributed by atoms with Crippen LogP contribution in [0.2, 0.25) is 0 Å². The number of carbonyl (C=O) groups excluding carboxylic acids is 3. The number of ether oxygens (including phenoxy) is 3. The van der Waals surface area contributed by atoms with Crippen molar-refractivity contribution < 1.29 is 28.6 Å². The minimum absolute atomic E-state index is 0.0862. The molecule has 0 aromatic rings. The maximum atomic E-state index is 12.9. The molecule has 0 rings (SSSR count). The molecule has 0 radical (unpaired) electrons. The number of allylic oxidation sites excluding steroid dienone is 16.